The van der Waals surface area contributed by atoms with Crippen LogP contribution < -0.4 is 5.32 Å². The fourth-order valence-electron chi connectivity index (χ4n) is 1.34. The number of carbonyl (C=O) groups excluding carboxylic acids is 1. The van der Waals surface area contributed by atoms with Gasteiger partial charge in [0.15, 0.2) is 0 Å². The third-order valence-corrected chi connectivity index (χ3v) is 4.13. The van der Waals surface area contributed by atoms with E-state index >= 15 is 0 Å². The third kappa shape index (κ3) is 5.35. The first-order chi connectivity index (χ1) is 7.93. The van der Waals surface area contributed by atoms with Crippen molar-refractivity contribution in [3.63, 3.8) is 0 Å². The Bertz CT molecular complexity index is 370. The van der Waals surface area contributed by atoms with Crippen molar-refractivity contribution >= 4 is 21.8 Å². The molecule has 0 aliphatic carbocycles. The van der Waals surface area contributed by atoms with Crippen LogP contribution in [-0.4, -0.2) is 17.8 Å². The van der Waals surface area contributed by atoms with Crippen molar-refractivity contribution < 1.29 is 4.79 Å². The van der Waals surface area contributed by atoms with Crippen molar-refractivity contribution in [3.05, 3.63) is 35.4 Å². The van der Waals surface area contributed by atoms with E-state index in [0.717, 1.165) is 10.9 Å². The molecule has 0 spiro atoms. The lowest BCUT2D eigenvalue weighted by Gasteiger charge is -2.21. The molecule has 17 heavy (non-hydrogen) atoms. The van der Waals surface area contributed by atoms with Gasteiger partial charge in [-0.05, 0) is 17.9 Å². The summed E-state index contributed by atoms with van der Waals surface area (Å²) in [6.45, 7) is 6.98. The quantitative estimate of drug-likeness (QED) is 0.832. The Morgan fingerprint density at radius 1 is 1.29 bits per heavy atom. The normalized spacial score (nSPS) is 11.3. The van der Waals surface area contributed by atoms with Gasteiger partial charge < -0.3 is 5.32 Å². The molecule has 1 aromatic rings. The molecule has 0 heterocycles. The zero-order valence-corrected chi connectivity index (χ0v) is 12.3. The number of hydrogen-bond donors (Lipinski definition) is 1. The Balaban J connectivity index is 2.42. The van der Waals surface area contributed by atoms with Crippen molar-refractivity contribution in [1.29, 1.82) is 0 Å². The van der Waals surface area contributed by atoms with Gasteiger partial charge in [0.1, 0.15) is 0 Å². The largest absolute Gasteiger partial charge is 0.355 e. The molecule has 2 nitrogen and oxygen atoms in total. The van der Waals surface area contributed by atoms with Crippen molar-refractivity contribution in [2.75, 3.05) is 11.9 Å². The standard InChI is InChI=1S/C14H20BrNO/c1-11-4-6-12(7-5-11)8-13(17)16-10-14(2,3)9-15/h4-7H,8-10H2,1-3H3,(H,16,17). The molecule has 1 rings (SSSR count). The van der Waals surface area contributed by atoms with Gasteiger partial charge in [-0.25, -0.2) is 0 Å². The number of aryl methyl sites for hydroxylation is 1. The van der Waals surface area contributed by atoms with Gasteiger partial charge in [-0.15, -0.1) is 0 Å². The van der Waals surface area contributed by atoms with Crippen LogP contribution in [0.2, 0.25) is 0 Å². The van der Waals surface area contributed by atoms with E-state index < -0.39 is 0 Å². The van der Waals surface area contributed by atoms with E-state index in [1.807, 2.05) is 31.2 Å². The van der Waals surface area contributed by atoms with Crippen molar-refractivity contribution in [1.82, 2.24) is 5.32 Å². The SMILES string of the molecule is Cc1ccc(CC(=O)NCC(C)(C)CBr)cc1. The van der Waals surface area contributed by atoms with E-state index in [1.54, 1.807) is 0 Å². The first kappa shape index (κ1) is 14.2. The maximum Gasteiger partial charge on any atom is 0.224 e. The van der Waals surface area contributed by atoms with Gasteiger partial charge in [-0.1, -0.05) is 59.6 Å². The zero-order valence-electron chi connectivity index (χ0n) is 10.7. The zero-order chi connectivity index (χ0) is 12.9. The maximum absolute atomic E-state index is 11.7. The van der Waals surface area contributed by atoms with Crippen LogP contribution in [0.4, 0.5) is 0 Å². The van der Waals surface area contributed by atoms with E-state index in [9.17, 15) is 4.79 Å². The van der Waals surface area contributed by atoms with Crippen LogP contribution in [0.5, 0.6) is 0 Å². The second-order valence-corrected chi connectivity index (χ2v) is 5.80. The summed E-state index contributed by atoms with van der Waals surface area (Å²) in [5.74, 6) is 0.0860. The highest BCUT2D eigenvalue weighted by atomic mass is 79.9. The third-order valence-electron chi connectivity index (χ3n) is 2.61. The first-order valence-corrected chi connectivity index (χ1v) is 6.93. The Hall–Kier alpha value is -0.830. The van der Waals surface area contributed by atoms with Gasteiger partial charge in [0.2, 0.25) is 5.91 Å². The molecule has 3 heteroatoms. The predicted octanol–water partition coefficient (Wildman–Crippen LogP) is 3.07. The smallest absolute Gasteiger partial charge is 0.224 e. The molecule has 94 valence electrons. The number of hydrogen-bond acceptors (Lipinski definition) is 1. The monoisotopic (exact) mass is 297 g/mol. The van der Waals surface area contributed by atoms with E-state index in [-0.39, 0.29) is 11.3 Å². The summed E-state index contributed by atoms with van der Waals surface area (Å²) in [5.41, 5.74) is 2.38. The minimum absolute atomic E-state index is 0.0860. The molecule has 0 fully saturated rings. The van der Waals surface area contributed by atoms with Gasteiger partial charge in [0, 0.05) is 11.9 Å². The minimum Gasteiger partial charge on any atom is -0.355 e. The van der Waals surface area contributed by atoms with Gasteiger partial charge in [0.05, 0.1) is 6.42 Å². The lowest BCUT2D eigenvalue weighted by Crippen LogP contribution is -2.35. The molecule has 1 N–H and O–H groups in total. The molecule has 0 atom stereocenters. The fourth-order valence-corrected chi connectivity index (χ4v) is 1.54. The molecule has 0 saturated heterocycles. The van der Waals surface area contributed by atoms with Crippen LogP contribution in [0.3, 0.4) is 0 Å². The summed E-state index contributed by atoms with van der Waals surface area (Å²) in [6.07, 6.45) is 0.457. The average Bonchev–Trinajstić information content (AvgIpc) is 2.30. The van der Waals surface area contributed by atoms with Gasteiger partial charge in [-0.2, -0.15) is 0 Å². The van der Waals surface area contributed by atoms with Crippen molar-refractivity contribution in [3.8, 4) is 0 Å². The highest BCUT2D eigenvalue weighted by Crippen LogP contribution is 2.16. The summed E-state index contributed by atoms with van der Waals surface area (Å²) in [4.78, 5) is 11.7. The van der Waals surface area contributed by atoms with E-state index in [4.69, 9.17) is 0 Å². The number of nitrogens with one attached hydrogen (secondary N) is 1. The Morgan fingerprint density at radius 3 is 2.41 bits per heavy atom. The van der Waals surface area contributed by atoms with Crippen molar-refractivity contribution in [2.24, 2.45) is 5.41 Å². The van der Waals surface area contributed by atoms with Crippen LogP contribution in [-0.2, 0) is 11.2 Å². The van der Waals surface area contributed by atoms with Crippen molar-refractivity contribution in [2.45, 2.75) is 27.2 Å². The highest BCUT2D eigenvalue weighted by molar-refractivity contribution is 9.09. The van der Waals surface area contributed by atoms with Crippen LogP contribution in [0.1, 0.15) is 25.0 Å². The van der Waals surface area contributed by atoms with Gasteiger partial charge >= 0.3 is 0 Å². The number of carbonyl (C=O) groups is 1. The van der Waals surface area contributed by atoms with Crippen LogP contribution in [0.25, 0.3) is 0 Å². The van der Waals surface area contributed by atoms with E-state index in [2.05, 4.69) is 35.1 Å². The topological polar surface area (TPSA) is 29.1 Å². The lowest BCUT2D eigenvalue weighted by molar-refractivity contribution is -0.120. The Morgan fingerprint density at radius 2 is 1.88 bits per heavy atom. The summed E-state index contributed by atoms with van der Waals surface area (Å²) in [7, 11) is 0. The summed E-state index contributed by atoms with van der Waals surface area (Å²) in [5, 5.41) is 3.85. The molecule has 0 radical (unpaired) electrons. The number of benzene rings is 1. The number of rotatable bonds is 5. The molecule has 0 saturated carbocycles. The van der Waals surface area contributed by atoms with E-state index in [0.29, 0.717) is 13.0 Å². The number of halogens is 1. The molecule has 0 aliphatic rings. The molecule has 1 amide bonds. The fraction of sp³-hybridized carbons (Fsp3) is 0.500. The summed E-state index contributed by atoms with van der Waals surface area (Å²) >= 11 is 3.44. The molecule has 0 unspecified atom stereocenters. The molecular weight excluding hydrogens is 278 g/mol. The molecule has 0 aromatic heterocycles. The lowest BCUT2D eigenvalue weighted by atomic mass is 9.97. The second-order valence-electron chi connectivity index (χ2n) is 5.24. The predicted molar refractivity (Wildman–Crippen MR) is 75.5 cm³/mol. The number of alkyl halides is 1. The highest BCUT2D eigenvalue weighted by Gasteiger charge is 2.16. The molecule has 0 aliphatic heterocycles. The van der Waals surface area contributed by atoms with Gasteiger partial charge in [-0.3, -0.25) is 4.79 Å². The van der Waals surface area contributed by atoms with Gasteiger partial charge in [0.25, 0.3) is 0 Å². The van der Waals surface area contributed by atoms with Crippen LogP contribution >= 0.6 is 15.9 Å². The van der Waals surface area contributed by atoms with Crippen LogP contribution in [0.15, 0.2) is 24.3 Å². The first-order valence-electron chi connectivity index (χ1n) is 5.81. The molecular formula is C14H20BrNO. The minimum atomic E-state index is 0.0860. The Kier molecular flexibility index (Phi) is 5.19. The van der Waals surface area contributed by atoms with E-state index in [1.165, 1.54) is 5.56 Å². The summed E-state index contributed by atoms with van der Waals surface area (Å²) < 4.78 is 0. The number of amides is 1. The second kappa shape index (κ2) is 6.20. The average molecular weight is 298 g/mol. The maximum atomic E-state index is 11.7. The molecule has 1 aromatic carbocycles. The molecule has 0 bridgehead atoms. The summed E-state index contributed by atoms with van der Waals surface area (Å²) in [6, 6.07) is 8.07. The van der Waals surface area contributed by atoms with Crippen LogP contribution in [0, 0.1) is 12.3 Å². The Labute approximate surface area is 112 Å².